The molecule has 19 rings (SSSR count). The maximum Gasteiger partial charge on any atom is 0.262 e. The maximum atomic E-state index is 17.1. The van der Waals surface area contributed by atoms with Crippen LogP contribution in [0.15, 0.2) is 231 Å². The number of imide groups is 2. The fourth-order valence-corrected chi connectivity index (χ4v) is 16.3. The average Bonchev–Trinajstić information content (AvgIpc) is 1.11. The lowest BCUT2D eigenvalue weighted by Gasteiger charge is -2.38. The van der Waals surface area contributed by atoms with Crippen LogP contribution in [0.5, 0.6) is 80.5 Å². The molecule has 0 spiro atoms. The first-order valence-electron chi connectivity index (χ1n) is 41.0. The van der Waals surface area contributed by atoms with Gasteiger partial charge in [0.25, 0.3) is 23.6 Å². The van der Waals surface area contributed by atoms with Gasteiger partial charge < -0.3 is 76.9 Å². The molecule has 122 heavy (non-hydrogen) atoms. The number of amides is 6. The molecule has 4 fully saturated rings. The number of hydrogen-bond donors (Lipinski definition) is 2. The lowest BCUT2D eigenvalue weighted by molar-refractivity contribution is -0.136. The monoisotopic (exact) mass is 1640 g/mol. The van der Waals surface area contributed by atoms with E-state index < -0.39 is 47.5 Å². The summed E-state index contributed by atoms with van der Waals surface area (Å²) in [5, 5.41) is 22.6. The topological polar surface area (TPSA) is 280 Å². The van der Waals surface area contributed by atoms with Gasteiger partial charge in [0.1, 0.15) is 143 Å². The van der Waals surface area contributed by atoms with Crippen molar-refractivity contribution in [3.8, 4) is 80.5 Å². The van der Waals surface area contributed by atoms with E-state index in [1.807, 2.05) is 74.5 Å². The number of fused-ring (bicyclic) bond motifs is 2. The first-order chi connectivity index (χ1) is 59.6. The molecular weight excluding hydrogens is 1550 g/mol. The molecule has 6 unspecified atom stereocenters. The van der Waals surface area contributed by atoms with E-state index in [0.717, 1.165) is 20.9 Å². The zero-order chi connectivity index (χ0) is 83.2. The SMILES string of the molecule is CCCN(Cc1ccccc1)C(=O)C(Cc1ccc(O)cc1)N1C(=O)c2cc(Oc3cccc(OCC4CO4)c3)c3c4c(Oc5cccc(OCC6CO6)c5)cc5c6c(cc(Oc7cccc(OCC8CO8)c7)c(c7c(Oc8cccc(OCC9CO9)c8)cc(c2c37)C1=O)c64)C(=O)N(C(Cc1ccc(O)cc1)C(=O)N(CCC)Cc1ccccc1)C5=O. The van der Waals surface area contributed by atoms with Gasteiger partial charge in [-0.1, -0.05) is 123 Å². The summed E-state index contributed by atoms with van der Waals surface area (Å²) in [5.74, 6) is -2.40. The molecular formula is C98H84N4O20. The van der Waals surface area contributed by atoms with Gasteiger partial charge in [0, 0.05) is 106 Å². The predicted molar refractivity (Wildman–Crippen MR) is 451 cm³/mol. The van der Waals surface area contributed by atoms with Crippen molar-refractivity contribution in [2.45, 2.75) is 89.1 Å². The first-order valence-corrected chi connectivity index (χ1v) is 41.0. The van der Waals surface area contributed by atoms with Crippen molar-refractivity contribution < 1.29 is 95.8 Å². The van der Waals surface area contributed by atoms with Crippen LogP contribution in [-0.2, 0) is 54.5 Å². The Morgan fingerprint density at radius 1 is 0.344 bits per heavy atom. The van der Waals surface area contributed by atoms with Crippen molar-refractivity contribution in [1.29, 1.82) is 0 Å². The number of epoxide rings is 4. The quantitative estimate of drug-likeness (QED) is 0.0160. The molecule has 6 amide bonds. The van der Waals surface area contributed by atoms with Gasteiger partial charge in [-0.25, -0.2) is 0 Å². The number of aromatic hydroxyl groups is 2. The standard InChI is InChI=1S/C98H84N4O20/c1-3-35-99(47-59-15-7-5-8-16-59)97(109)79(37-57-27-31-61(103)32-28-57)101-93(105)75-43-81(119-67-23-11-19-63(39-67)111-49-71-53-115-71)87-89-83(121-69-25-13-21-65(41-69)113-51-73-55-117-73)45-77-86-78(96(108)102(95(77)107)80(38-58-29-33-62(104)34-30-58)98(110)100(36-4-2)48-60-17-9-6-10-18-60)46-84(122-70-26-14-22-66(42-70)114-52-74-56-118-74)90(92(86)89)88-82(44-76(94(101)106)85(75)91(87)88)120-68-24-12-20-64(40-68)112-50-72-54-116-72/h5-34,39-46,71-74,79-80,103-104H,3-4,35-38,47-56H2,1-2H3. The first kappa shape index (κ1) is 78.1. The van der Waals surface area contributed by atoms with E-state index in [2.05, 4.69) is 0 Å². The van der Waals surface area contributed by atoms with Crippen LogP contribution in [0.4, 0.5) is 0 Å². The van der Waals surface area contributed by atoms with Crippen LogP contribution in [0.2, 0.25) is 0 Å². The van der Waals surface area contributed by atoms with Gasteiger partial charge >= 0.3 is 0 Å². The van der Waals surface area contributed by atoms with Crippen molar-refractivity contribution in [2.24, 2.45) is 0 Å². The second-order valence-electron chi connectivity index (χ2n) is 31.3. The number of rotatable bonds is 36. The van der Waals surface area contributed by atoms with Gasteiger partial charge in [0.15, 0.2) is 0 Å². The second-order valence-corrected chi connectivity index (χ2v) is 31.3. The van der Waals surface area contributed by atoms with Crippen molar-refractivity contribution >= 4 is 78.5 Å². The Bertz CT molecular complexity index is 5580. The van der Waals surface area contributed by atoms with Gasteiger partial charge in [0.05, 0.1) is 48.7 Å². The number of phenols is 2. The minimum atomic E-state index is -1.54. The molecule has 0 aliphatic carbocycles. The molecule has 24 nitrogen and oxygen atoms in total. The van der Waals surface area contributed by atoms with E-state index in [9.17, 15) is 10.2 Å². The van der Waals surface area contributed by atoms with Gasteiger partial charge in [0.2, 0.25) is 11.8 Å². The normalized spacial score (nSPS) is 17.2. The van der Waals surface area contributed by atoms with E-state index in [0.29, 0.717) is 73.4 Å². The molecule has 0 saturated carbocycles. The van der Waals surface area contributed by atoms with Crippen molar-refractivity contribution in [1.82, 2.24) is 19.6 Å². The highest BCUT2D eigenvalue weighted by atomic mass is 16.6. The molecule has 24 heteroatoms. The summed E-state index contributed by atoms with van der Waals surface area (Å²) in [7, 11) is 0. The van der Waals surface area contributed by atoms with Crippen molar-refractivity contribution in [3.63, 3.8) is 0 Å². The molecule has 0 radical (unpaired) electrons. The molecule has 616 valence electrons. The van der Waals surface area contributed by atoms with E-state index in [-0.39, 0.29) is 213 Å². The van der Waals surface area contributed by atoms with Crippen LogP contribution in [-0.4, -0.2) is 168 Å². The average molecular weight is 1640 g/mol. The third-order valence-electron chi connectivity index (χ3n) is 22.4. The molecule has 6 heterocycles. The maximum absolute atomic E-state index is 17.1. The van der Waals surface area contributed by atoms with Crippen molar-refractivity contribution in [2.75, 3.05) is 65.9 Å². The summed E-state index contributed by atoms with van der Waals surface area (Å²) >= 11 is 0. The Hall–Kier alpha value is -13.8. The predicted octanol–water partition coefficient (Wildman–Crippen LogP) is 16.7. The van der Waals surface area contributed by atoms with Gasteiger partial charge in [-0.15, -0.1) is 0 Å². The zero-order valence-corrected chi connectivity index (χ0v) is 66.7. The lowest BCUT2D eigenvalue weighted by atomic mass is 9.80. The lowest BCUT2D eigenvalue weighted by Crippen LogP contribution is -2.55. The van der Waals surface area contributed by atoms with E-state index >= 15 is 28.8 Å². The summed E-state index contributed by atoms with van der Waals surface area (Å²) in [6.07, 6.45) is 0.0846. The second kappa shape index (κ2) is 33.4. The third kappa shape index (κ3) is 16.3. The Balaban J connectivity index is 0.920. The number of benzene rings is 13. The number of phenolic OH excluding ortho intramolecular Hbond substituents is 2. The molecule has 13 aromatic rings. The fourth-order valence-electron chi connectivity index (χ4n) is 16.3. The molecule has 6 atom stereocenters. The Labute approximate surface area is 700 Å². The van der Waals surface area contributed by atoms with E-state index in [1.165, 1.54) is 24.3 Å². The number of hydrogen-bond acceptors (Lipinski definition) is 20. The molecule has 0 aromatic heterocycles. The number of nitrogens with zero attached hydrogens (tertiary/aromatic N) is 4. The van der Waals surface area contributed by atoms with Crippen LogP contribution < -0.4 is 37.9 Å². The Morgan fingerprint density at radius 2 is 0.615 bits per heavy atom. The number of ether oxygens (including phenoxy) is 12. The fraction of sp³-hybridized carbons (Fsp3) is 0.245. The minimum absolute atomic E-state index is 0.0354. The highest BCUT2D eigenvalue weighted by Crippen LogP contribution is 2.59. The molecule has 6 aliphatic heterocycles. The molecule has 4 saturated heterocycles. The van der Waals surface area contributed by atoms with Crippen LogP contribution in [0.1, 0.15) is 90.4 Å². The van der Waals surface area contributed by atoms with E-state index in [4.69, 9.17) is 56.8 Å². The summed E-state index contributed by atoms with van der Waals surface area (Å²) in [6, 6.07) is 62.1. The minimum Gasteiger partial charge on any atom is -0.508 e. The van der Waals surface area contributed by atoms with Crippen LogP contribution >= 0.6 is 0 Å². The van der Waals surface area contributed by atoms with Crippen LogP contribution in [0, 0.1) is 0 Å². The summed E-state index contributed by atoms with van der Waals surface area (Å²) < 4.78 is 77.4. The molecule has 6 aliphatic rings. The van der Waals surface area contributed by atoms with Crippen LogP contribution in [0.3, 0.4) is 0 Å². The smallest absolute Gasteiger partial charge is 0.262 e. The van der Waals surface area contributed by atoms with Gasteiger partial charge in [-0.3, -0.25) is 38.6 Å². The zero-order valence-electron chi connectivity index (χ0n) is 66.7. The molecule has 0 bridgehead atoms. The van der Waals surface area contributed by atoms with Gasteiger partial charge in [-0.05, 0) is 132 Å². The van der Waals surface area contributed by atoms with Gasteiger partial charge in [-0.2, -0.15) is 0 Å². The Morgan fingerprint density at radius 3 is 0.877 bits per heavy atom. The van der Waals surface area contributed by atoms with Crippen LogP contribution in [0.25, 0.3) is 43.1 Å². The molecule has 13 aromatic carbocycles. The Kier molecular flexibility index (Phi) is 21.4. The summed E-state index contributed by atoms with van der Waals surface area (Å²) in [6.45, 7) is 7.57. The largest absolute Gasteiger partial charge is 0.508 e. The highest BCUT2D eigenvalue weighted by molar-refractivity contribution is 6.45. The number of carbonyl (C=O) groups excluding carboxylic acids is 6. The third-order valence-corrected chi connectivity index (χ3v) is 22.4. The summed E-state index contributed by atoms with van der Waals surface area (Å²) in [4.78, 5) is 106. The number of carbonyl (C=O) groups is 6. The molecule has 2 N–H and O–H groups in total. The van der Waals surface area contributed by atoms with E-state index in [1.54, 1.807) is 155 Å². The highest BCUT2D eigenvalue weighted by Gasteiger charge is 2.48. The van der Waals surface area contributed by atoms with Crippen molar-refractivity contribution in [3.05, 3.63) is 275 Å². The summed E-state index contributed by atoms with van der Waals surface area (Å²) in [5.41, 5.74) is 2.29.